The maximum atomic E-state index is 13.3. The number of alkyl carbamates (subject to hydrolysis) is 2. The summed E-state index contributed by atoms with van der Waals surface area (Å²) in [5.74, 6) is -0.717. The number of aromatic nitrogens is 5. The van der Waals surface area contributed by atoms with Gasteiger partial charge in [0, 0.05) is 115 Å². The molecule has 9 aromatic carbocycles. The fraction of sp³-hybridized carbons (Fsp3) is 0.300. The van der Waals surface area contributed by atoms with Crippen molar-refractivity contribution in [2.45, 2.75) is 183 Å². The number of esters is 6. The van der Waals surface area contributed by atoms with E-state index in [9.17, 15) is 52.7 Å². The number of nitrogens with one attached hydrogen (secondary N) is 3. The first kappa shape index (κ1) is 109. The number of aliphatic carboxylic acids is 1. The molecule has 0 unspecified atom stereocenters. The van der Waals surface area contributed by atoms with Crippen LogP contribution in [-0.4, -0.2) is 165 Å². The van der Waals surface area contributed by atoms with Gasteiger partial charge >= 0.3 is 54.0 Å². The number of benzene rings is 9. The molecule has 14 rings (SSSR count). The van der Waals surface area contributed by atoms with E-state index in [2.05, 4.69) is 15.6 Å². The highest BCUT2D eigenvalue weighted by atomic mass is 16.6. The zero-order valence-corrected chi connectivity index (χ0v) is 83.2. The highest BCUT2D eigenvalue weighted by Gasteiger charge is 2.30. The van der Waals surface area contributed by atoms with Gasteiger partial charge in [-0.3, -0.25) is 38.9 Å². The molecule has 5 heterocycles. The SMILES string of the molecule is COc1ccc2[nH]cc(C=O)c2c1.COc1ccc2c(c1)c(/C=C(/NC(=O)OCc1ccccc1)C(=O)OCc1ccccc1)cn2CC(=O)OC(C)(C)C.COc1ccc2c(c1)c(C=O)cn2CC(=O)OC(C)(C)C.COc1ccc2c(c1)c(C[C@H](N)C(=O)O)cn2CC(=O)OC(C)(C)C.COc1ccc2c(c1)c(C[C@H](NC(=O)OCc1ccccc1)C(=O)OCc1ccccc1)cn2CC(=O)OC(C)(C)C. The van der Waals surface area contributed by atoms with Gasteiger partial charge in [-0.15, -0.1) is 0 Å². The van der Waals surface area contributed by atoms with E-state index < -0.39 is 76.5 Å². The number of carbonyl (C=O) groups excluding carboxylic acids is 10. The molecule has 143 heavy (non-hydrogen) atoms. The topological polar surface area (TPSA) is 414 Å². The summed E-state index contributed by atoms with van der Waals surface area (Å²) >= 11 is 0. The Morgan fingerprint density at radius 3 is 1.07 bits per heavy atom. The van der Waals surface area contributed by atoms with E-state index in [1.165, 1.54) is 6.08 Å². The Bertz CT molecular complexity index is 6790. The van der Waals surface area contributed by atoms with Crippen molar-refractivity contribution in [3.8, 4) is 28.7 Å². The van der Waals surface area contributed by atoms with E-state index in [0.717, 1.165) is 89.8 Å². The van der Waals surface area contributed by atoms with Crippen LogP contribution in [0, 0.1) is 0 Å². The van der Waals surface area contributed by atoms with Gasteiger partial charge in [0.2, 0.25) is 0 Å². The highest BCUT2D eigenvalue weighted by Crippen LogP contribution is 2.34. The number of carboxylic acid groups (broad SMARTS) is 1. The summed E-state index contributed by atoms with van der Waals surface area (Å²) in [5, 5.41) is 18.2. The Kier molecular flexibility index (Phi) is 38.3. The zero-order chi connectivity index (χ0) is 104. The molecule has 0 saturated heterocycles. The third kappa shape index (κ3) is 33.4. The van der Waals surface area contributed by atoms with Crippen LogP contribution in [0.4, 0.5) is 9.59 Å². The Labute approximate surface area is 828 Å². The second-order valence-corrected chi connectivity index (χ2v) is 36.8. The second-order valence-electron chi connectivity index (χ2n) is 36.8. The number of carboxylic acids is 1. The van der Waals surface area contributed by atoms with Crippen LogP contribution >= 0.6 is 0 Å². The number of H-pyrrole nitrogens is 1. The number of hydrogen-bond donors (Lipinski definition) is 5. The van der Waals surface area contributed by atoms with Crippen molar-refractivity contribution in [3.05, 3.63) is 299 Å². The van der Waals surface area contributed by atoms with Gasteiger partial charge < -0.3 is 101 Å². The first-order chi connectivity index (χ1) is 68.0. The van der Waals surface area contributed by atoms with E-state index in [4.69, 9.17) is 72.4 Å². The predicted octanol–water partition coefficient (Wildman–Crippen LogP) is 18.3. The molecular formula is C110H122N8O25. The molecule has 14 aromatic rings. The number of carbonyl (C=O) groups is 11. The molecule has 0 bridgehead atoms. The Balaban J connectivity index is 0.000000193. The maximum Gasteiger partial charge on any atom is 0.412 e. The summed E-state index contributed by atoms with van der Waals surface area (Å²) < 4.78 is 76.8. The van der Waals surface area contributed by atoms with Gasteiger partial charge in [0.25, 0.3) is 0 Å². The van der Waals surface area contributed by atoms with E-state index in [-0.39, 0.29) is 83.1 Å². The monoisotopic (exact) mass is 1950 g/mol. The van der Waals surface area contributed by atoms with Crippen LogP contribution in [0.25, 0.3) is 60.6 Å². The molecule has 6 N–H and O–H groups in total. The first-order valence-electron chi connectivity index (χ1n) is 45.7. The number of aromatic amines is 1. The van der Waals surface area contributed by atoms with Gasteiger partial charge in [-0.25, -0.2) is 19.2 Å². The number of amides is 2. The molecule has 33 nitrogen and oxygen atoms in total. The van der Waals surface area contributed by atoms with Crippen molar-refractivity contribution in [2.24, 2.45) is 5.73 Å². The van der Waals surface area contributed by atoms with Crippen LogP contribution < -0.4 is 40.1 Å². The predicted molar refractivity (Wildman–Crippen MR) is 540 cm³/mol. The lowest BCUT2D eigenvalue weighted by Crippen LogP contribution is -2.43. The number of nitrogens with two attached hydrogens (primary N) is 1. The van der Waals surface area contributed by atoms with Crippen molar-refractivity contribution in [2.75, 3.05) is 35.5 Å². The molecule has 752 valence electrons. The molecule has 0 aliphatic heterocycles. The summed E-state index contributed by atoms with van der Waals surface area (Å²) in [6, 6.07) is 62.1. The molecule has 0 fully saturated rings. The first-order valence-corrected chi connectivity index (χ1v) is 45.7. The Morgan fingerprint density at radius 1 is 0.378 bits per heavy atom. The Morgan fingerprint density at radius 2 is 0.699 bits per heavy atom. The fourth-order valence-electron chi connectivity index (χ4n) is 14.7. The van der Waals surface area contributed by atoms with Gasteiger partial charge in [0.15, 0.2) is 12.6 Å². The van der Waals surface area contributed by atoms with Crippen LogP contribution in [0.3, 0.4) is 0 Å². The molecule has 2 atom stereocenters. The number of aldehydes is 2. The molecule has 0 aliphatic rings. The maximum absolute atomic E-state index is 13.3. The molecule has 0 saturated carbocycles. The van der Waals surface area contributed by atoms with Crippen molar-refractivity contribution in [3.63, 3.8) is 0 Å². The smallest absolute Gasteiger partial charge is 0.412 e. The molecule has 33 heteroatoms. The van der Waals surface area contributed by atoms with Crippen LogP contribution in [0.15, 0.2) is 249 Å². The van der Waals surface area contributed by atoms with Gasteiger partial charge in [-0.1, -0.05) is 121 Å². The quantitative estimate of drug-likeness (QED) is 0.0110. The number of hydrogen-bond acceptors (Lipinski definition) is 25. The number of nitrogens with zero attached hydrogens (tertiary/aromatic N) is 4. The fourth-order valence-corrected chi connectivity index (χ4v) is 14.7. The minimum atomic E-state index is -1.07. The lowest BCUT2D eigenvalue weighted by atomic mass is 10.0. The lowest BCUT2D eigenvalue weighted by Gasteiger charge is -2.19. The van der Waals surface area contributed by atoms with E-state index >= 15 is 0 Å². The number of methoxy groups -OCH3 is 5. The summed E-state index contributed by atoms with van der Waals surface area (Å²) in [6.45, 7) is 21.8. The number of rotatable bonds is 33. The van der Waals surface area contributed by atoms with Gasteiger partial charge in [0.05, 0.1) is 35.5 Å². The average Bonchev–Trinajstić information content (AvgIpc) is 1.64. The minimum absolute atomic E-state index is 0.00594. The van der Waals surface area contributed by atoms with Crippen molar-refractivity contribution in [1.29, 1.82) is 0 Å². The zero-order valence-electron chi connectivity index (χ0n) is 83.2. The number of fused-ring (bicyclic) bond motifs is 5. The van der Waals surface area contributed by atoms with E-state index in [1.807, 2.05) is 217 Å². The second kappa shape index (κ2) is 50.4. The van der Waals surface area contributed by atoms with Gasteiger partial charge in [0.1, 0.15) is 122 Å². The van der Waals surface area contributed by atoms with Crippen LogP contribution in [-0.2, 0) is 137 Å². The lowest BCUT2D eigenvalue weighted by molar-refractivity contribution is -0.156. The van der Waals surface area contributed by atoms with Crippen LogP contribution in [0.5, 0.6) is 28.7 Å². The van der Waals surface area contributed by atoms with Gasteiger partial charge in [-0.05, 0) is 214 Å². The average molecular weight is 1960 g/mol. The minimum Gasteiger partial charge on any atom is -0.497 e. The largest absolute Gasteiger partial charge is 0.497 e. The molecule has 0 radical (unpaired) electrons. The van der Waals surface area contributed by atoms with Crippen molar-refractivity contribution in [1.82, 2.24) is 33.9 Å². The van der Waals surface area contributed by atoms with Crippen molar-refractivity contribution < 1.29 is 119 Å². The number of ether oxygens (including phenoxy) is 13. The third-order valence-electron chi connectivity index (χ3n) is 21.0. The van der Waals surface area contributed by atoms with Crippen LogP contribution in [0.2, 0.25) is 0 Å². The van der Waals surface area contributed by atoms with E-state index in [1.54, 1.807) is 163 Å². The van der Waals surface area contributed by atoms with Crippen molar-refractivity contribution >= 4 is 127 Å². The van der Waals surface area contributed by atoms with Crippen LogP contribution in [0.1, 0.15) is 143 Å². The summed E-state index contributed by atoms with van der Waals surface area (Å²) in [4.78, 5) is 137. The molecule has 5 aromatic heterocycles. The van der Waals surface area contributed by atoms with E-state index in [0.29, 0.717) is 56.2 Å². The molecule has 2 amide bonds. The molecular weight excluding hydrogens is 1830 g/mol. The summed E-state index contributed by atoms with van der Waals surface area (Å²) in [7, 11) is 7.84. The highest BCUT2D eigenvalue weighted by molar-refractivity contribution is 6.02. The molecule has 0 aliphatic carbocycles. The molecule has 0 spiro atoms. The normalized spacial score (nSPS) is 11.7. The Hall–Kier alpha value is -16.5. The summed E-state index contributed by atoms with van der Waals surface area (Å²) in [6.07, 6.45) is 10.3. The van der Waals surface area contributed by atoms with Gasteiger partial charge in [-0.2, -0.15) is 0 Å². The third-order valence-corrected chi connectivity index (χ3v) is 21.0. The standard InChI is InChI=1S/C33H36N2O7.C33H34N2O7.C18H24N2O5.C16H19NO4.C10H9NO2/c2*1-33(2,3)42-30(36)20-35-19-25(27-18-26(39-4)15-16-29(27)35)17-28(31(37)40-21-23-11-7-5-8-12-23)34-32(38)41-22-24-13-9-6-10-14-24;1-18(2,3)25-16(21)10-20-9-11(7-14(19)17(22)23)13-8-12(24-4)5-6-15(13)20;1-16(2,3)21-15(19)9-17-8-11(10-18)13-7-12(20-4)5-6-14(13)17;1-13-8-2-3-10-9(4-8)7(6-12)5-11-10/h5-16,18-19,28H,17,20-22H2,1-4H3,(H,34,38);5-19H,20-22H2,1-4H3,(H,34,38);5-6,8-9,14H,7,10,19H2,1-4H3,(H,22,23);5-8,10H,9H2,1-4H3;2-6,11H,1H3/b;28-17+;;;/t28-;;14-;;/m0.0../s1. The summed E-state index contributed by atoms with van der Waals surface area (Å²) in [5.41, 5.74) is 13.5.